The van der Waals surface area contributed by atoms with Crippen molar-refractivity contribution in [2.45, 2.75) is 19.0 Å². The van der Waals surface area contributed by atoms with E-state index >= 15 is 0 Å². The first-order chi connectivity index (χ1) is 14.0. The van der Waals surface area contributed by atoms with E-state index in [9.17, 15) is 13.2 Å². The largest absolute Gasteiger partial charge is 0.493 e. The number of aromatic nitrogens is 3. The lowest BCUT2D eigenvalue weighted by atomic mass is 10.2. The normalized spacial score (nSPS) is 11.0. The Morgan fingerprint density at radius 3 is 2.59 bits per heavy atom. The van der Waals surface area contributed by atoms with E-state index in [0.29, 0.717) is 36.4 Å². The van der Waals surface area contributed by atoms with Crippen LogP contribution in [0.5, 0.6) is 5.75 Å². The summed E-state index contributed by atoms with van der Waals surface area (Å²) < 4.78 is 45.4. The number of nitriles is 1. The molecule has 0 fully saturated rings. The van der Waals surface area contributed by atoms with Gasteiger partial charge in [-0.1, -0.05) is 6.07 Å². The van der Waals surface area contributed by atoms with Crippen molar-refractivity contribution in [2.75, 3.05) is 11.9 Å². The smallest absolute Gasteiger partial charge is 0.433 e. The van der Waals surface area contributed by atoms with Crippen molar-refractivity contribution in [2.24, 2.45) is 0 Å². The molecule has 2 heterocycles. The maximum atomic E-state index is 13.3. The SMILES string of the molecule is N#CCCCOc1cccc(Nc2cc(C(F)(F)F)nc(-c3ccncc3)n2)c1. The fourth-order valence-electron chi connectivity index (χ4n) is 2.44. The van der Waals surface area contributed by atoms with Gasteiger partial charge in [0.1, 0.15) is 11.6 Å². The first kappa shape index (κ1) is 20.1. The van der Waals surface area contributed by atoms with Gasteiger partial charge in [0.25, 0.3) is 0 Å². The van der Waals surface area contributed by atoms with Gasteiger partial charge in [-0.05, 0) is 30.7 Å². The number of ether oxygens (including phenoxy) is 1. The lowest BCUT2D eigenvalue weighted by Gasteiger charge is -2.13. The molecule has 0 unspecified atom stereocenters. The summed E-state index contributed by atoms with van der Waals surface area (Å²) in [5.74, 6) is 0.474. The molecule has 0 bridgehead atoms. The molecule has 2 aromatic heterocycles. The van der Waals surface area contributed by atoms with Gasteiger partial charge in [0.05, 0.1) is 12.7 Å². The molecule has 3 rings (SSSR count). The minimum absolute atomic E-state index is 0.000711. The van der Waals surface area contributed by atoms with Crippen molar-refractivity contribution in [3.63, 3.8) is 0 Å². The Kier molecular flexibility index (Phi) is 6.24. The van der Waals surface area contributed by atoms with Gasteiger partial charge in [-0.25, -0.2) is 9.97 Å². The molecule has 0 spiro atoms. The summed E-state index contributed by atoms with van der Waals surface area (Å²) in [6.45, 7) is 0.370. The molecule has 0 atom stereocenters. The predicted molar refractivity (Wildman–Crippen MR) is 100 cm³/mol. The topological polar surface area (TPSA) is 83.7 Å². The van der Waals surface area contributed by atoms with Crippen molar-refractivity contribution in [1.29, 1.82) is 5.26 Å². The number of unbranched alkanes of at least 4 members (excludes halogenated alkanes) is 1. The predicted octanol–water partition coefficient (Wildman–Crippen LogP) is 4.98. The fourth-order valence-corrected chi connectivity index (χ4v) is 2.44. The number of nitrogens with zero attached hydrogens (tertiary/aromatic N) is 4. The van der Waals surface area contributed by atoms with Crippen molar-refractivity contribution in [3.05, 3.63) is 60.6 Å². The number of rotatable bonds is 7. The number of anilines is 2. The molecule has 9 heteroatoms. The van der Waals surface area contributed by atoms with Gasteiger partial charge in [0.15, 0.2) is 11.5 Å². The number of benzene rings is 1. The van der Waals surface area contributed by atoms with Crippen molar-refractivity contribution in [3.8, 4) is 23.2 Å². The van der Waals surface area contributed by atoms with Gasteiger partial charge in [0.2, 0.25) is 0 Å². The highest BCUT2D eigenvalue weighted by molar-refractivity contribution is 5.62. The van der Waals surface area contributed by atoms with Crippen LogP contribution in [0.3, 0.4) is 0 Å². The minimum atomic E-state index is -4.62. The number of hydrogen-bond donors (Lipinski definition) is 1. The number of hydrogen-bond acceptors (Lipinski definition) is 6. The lowest BCUT2D eigenvalue weighted by molar-refractivity contribution is -0.141. The molecule has 0 amide bonds. The van der Waals surface area contributed by atoms with Gasteiger partial charge >= 0.3 is 6.18 Å². The Morgan fingerprint density at radius 2 is 1.86 bits per heavy atom. The maximum Gasteiger partial charge on any atom is 0.433 e. The van der Waals surface area contributed by atoms with Gasteiger partial charge in [0, 0.05) is 42.2 Å². The Labute approximate surface area is 165 Å². The lowest BCUT2D eigenvalue weighted by Crippen LogP contribution is -2.11. The molecule has 0 aliphatic rings. The highest BCUT2D eigenvalue weighted by Gasteiger charge is 2.33. The van der Waals surface area contributed by atoms with E-state index in [-0.39, 0.29) is 11.6 Å². The van der Waals surface area contributed by atoms with Gasteiger partial charge in [-0.2, -0.15) is 18.4 Å². The maximum absolute atomic E-state index is 13.3. The molecular weight excluding hydrogens is 383 g/mol. The molecule has 1 N–H and O–H groups in total. The van der Waals surface area contributed by atoms with Gasteiger partial charge in [-0.3, -0.25) is 4.98 Å². The minimum Gasteiger partial charge on any atom is -0.493 e. The quantitative estimate of drug-likeness (QED) is 0.564. The zero-order valence-electron chi connectivity index (χ0n) is 15.1. The summed E-state index contributed by atoms with van der Waals surface area (Å²) in [4.78, 5) is 11.7. The van der Waals surface area contributed by atoms with E-state index in [0.717, 1.165) is 6.07 Å². The Balaban J connectivity index is 1.86. The Morgan fingerprint density at radius 1 is 1.07 bits per heavy atom. The second-order valence-electron chi connectivity index (χ2n) is 5.96. The average Bonchev–Trinajstić information content (AvgIpc) is 2.71. The van der Waals surface area contributed by atoms with E-state index in [2.05, 4.69) is 20.3 Å². The molecule has 0 aliphatic heterocycles. The summed E-state index contributed by atoms with van der Waals surface area (Å²) in [6.07, 6.45) is -0.730. The van der Waals surface area contributed by atoms with Crippen LogP contribution in [0, 0.1) is 11.3 Å². The van der Waals surface area contributed by atoms with E-state index in [1.54, 1.807) is 24.3 Å². The summed E-state index contributed by atoms with van der Waals surface area (Å²) in [7, 11) is 0. The van der Waals surface area contributed by atoms with Crippen LogP contribution in [0.25, 0.3) is 11.4 Å². The van der Waals surface area contributed by atoms with Crippen molar-refractivity contribution >= 4 is 11.5 Å². The zero-order chi connectivity index (χ0) is 20.7. The molecule has 29 heavy (non-hydrogen) atoms. The van der Waals surface area contributed by atoms with E-state index < -0.39 is 11.9 Å². The highest BCUT2D eigenvalue weighted by Crippen LogP contribution is 2.31. The van der Waals surface area contributed by atoms with E-state index in [1.165, 1.54) is 24.5 Å². The molecule has 0 aliphatic carbocycles. The molecule has 1 aromatic carbocycles. The molecule has 6 nitrogen and oxygen atoms in total. The van der Waals surface area contributed by atoms with Crippen LogP contribution in [-0.2, 0) is 6.18 Å². The summed E-state index contributed by atoms with van der Waals surface area (Å²) in [5.41, 5.74) is -0.121. The van der Waals surface area contributed by atoms with Crippen molar-refractivity contribution < 1.29 is 17.9 Å². The third-order valence-electron chi connectivity index (χ3n) is 3.76. The number of pyridine rings is 1. The molecule has 0 saturated heterocycles. The van der Waals surface area contributed by atoms with Crippen LogP contribution in [0.2, 0.25) is 0 Å². The van der Waals surface area contributed by atoms with Crippen LogP contribution >= 0.6 is 0 Å². The Bertz CT molecular complexity index is 1000. The second kappa shape index (κ2) is 9.01. The first-order valence-electron chi connectivity index (χ1n) is 8.69. The summed E-state index contributed by atoms with van der Waals surface area (Å²) in [6, 6.07) is 12.7. The first-order valence-corrected chi connectivity index (χ1v) is 8.69. The van der Waals surface area contributed by atoms with Crippen LogP contribution in [-0.4, -0.2) is 21.6 Å². The molecule has 3 aromatic rings. The van der Waals surface area contributed by atoms with Crippen LogP contribution in [0.1, 0.15) is 18.5 Å². The van der Waals surface area contributed by atoms with Crippen LogP contribution in [0.15, 0.2) is 54.9 Å². The van der Waals surface area contributed by atoms with Crippen LogP contribution < -0.4 is 10.1 Å². The summed E-state index contributed by atoms with van der Waals surface area (Å²) in [5, 5.41) is 11.4. The Hall–Kier alpha value is -3.67. The van der Waals surface area contributed by atoms with E-state index in [1.807, 2.05) is 6.07 Å². The van der Waals surface area contributed by atoms with Gasteiger partial charge < -0.3 is 10.1 Å². The van der Waals surface area contributed by atoms with Crippen molar-refractivity contribution in [1.82, 2.24) is 15.0 Å². The average molecular weight is 399 g/mol. The van der Waals surface area contributed by atoms with Crippen LogP contribution in [0.4, 0.5) is 24.7 Å². The number of nitrogens with one attached hydrogen (secondary N) is 1. The molecular formula is C20H16F3N5O. The fraction of sp³-hybridized carbons (Fsp3) is 0.200. The number of alkyl halides is 3. The molecule has 0 radical (unpaired) electrons. The monoisotopic (exact) mass is 399 g/mol. The van der Waals surface area contributed by atoms with E-state index in [4.69, 9.17) is 10.00 Å². The second-order valence-corrected chi connectivity index (χ2v) is 5.96. The molecule has 148 valence electrons. The summed E-state index contributed by atoms with van der Waals surface area (Å²) >= 11 is 0. The zero-order valence-corrected chi connectivity index (χ0v) is 15.1. The third kappa shape index (κ3) is 5.65. The van der Waals surface area contributed by atoms with Gasteiger partial charge in [-0.15, -0.1) is 0 Å². The highest BCUT2D eigenvalue weighted by atomic mass is 19.4. The third-order valence-corrected chi connectivity index (χ3v) is 3.76. The standard InChI is InChI=1S/C20H16F3N5O/c21-20(22,23)17-13-18(28-19(27-17)14-6-9-25-10-7-14)26-15-4-3-5-16(12-15)29-11-2-1-8-24/h3-7,9-10,12-13H,1-2,11H2,(H,26,27,28). The molecule has 0 saturated carbocycles. The number of halogens is 3.